The zero-order valence-electron chi connectivity index (χ0n) is 25.2. The summed E-state index contributed by atoms with van der Waals surface area (Å²) in [7, 11) is 1.56. The first-order chi connectivity index (χ1) is 21.4. The first kappa shape index (κ1) is 33.7. The molecule has 0 unspecified atom stereocenters. The molecule has 0 spiro atoms. The molecule has 0 aromatic heterocycles. The van der Waals surface area contributed by atoms with Crippen LogP contribution in [0.4, 0.5) is 8.78 Å². The largest absolute Gasteiger partial charge is 0.497 e. The number of carbonyl (C=O) groups is 2. The van der Waals surface area contributed by atoms with E-state index < -0.39 is 11.6 Å². The SMILES string of the molecule is C=CC(=O)OCCCCCCOc1ccc(C=O)cc1.CCc1ccc(-c2ccc(-c3ccc(OC)cc3)c(F)c2F)cc1. The Balaban J connectivity index is 0.000000245. The standard InChI is InChI=1S/C21H18F2O.C16H20O4/c1-3-14-4-6-15(7-5-14)18-12-13-19(21(23)20(18)22)16-8-10-17(24-2)11-9-16;1-2-16(18)20-12-6-4-3-5-11-19-15-9-7-14(13-17)8-10-15/h4-13H,3H2,1-2H3;2,7-10,13H,1,3-6,11-12H2. The van der Waals surface area contributed by atoms with Crippen molar-refractivity contribution in [3.63, 3.8) is 0 Å². The molecule has 0 aliphatic rings. The topological polar surface area (TPSA) is 61.8 Å². The van der Waals surface area contributed by atoms with Crippen LogP contribution in [-0.4, -0.2) is 32.6 Å². The number of carbonyl (C=O) groups excluding carboxylic acids is 2. The van der Waals surface area contributed by atoms with Crippen LogP contribution in [-0.2, 0) is 16.0 Å². The van der Waals surface area contributed by atoms with Gasteiger partial charge in [-0.1, -0.05) is 62.0 Å². The van der Waals surface area contributed by atoms with Gasteiger partial charge in [-0.25, -0.2) is 13.6 Å². The predicted octanol–water partition coefficient (Wildman–Crippen LogP) is 9.04. The molecule has 44 heavy (non-hydrogen) atoms. The highest BCUT2D eigenvalue weighted by Crippen LogP contribution is 2.32. The van der Waals surface area contributed by atoms with Gasteiger partial charge in [0.1, 0.15) is 17.8 Å². The first-order valence-corrected chi connectivity index (χ1v) is 14.6. The summed E-state index contributed by atoms with van der Waals surface area (Å²) in [5, 5.41) is 0. The van der Waals surface area contributed by atoms with Gasteiger partial charge in [-0.05, 0) is 85.2 Å². The Kier molecular flexibility index (Phi) is 13.8. The van der Waals surface area contributed by atoms with Crippen LogP contribution in [0.15, 0.2) is 97.6 Å². The van der Waals surface area contributed by atoms with E-state index in [1.165, 1.54) is 6.08 Å². The number of aryl methyl sites for hydroxylation is 1. The lowest BCUT2D eigenvalue weighted by Gasteiger charge is -2.10. The number of halogens is 2. The molecule has 0 N–H and O–H groups in total. The summed E-state index contributed by atoms with van der Waals surface area (Å²) in [5.74, 6) is -0.584. The smallest absolute Gasteiger partial charge is 0.330 e. The average molecular weight is 601 g/mol. The number of benzene rings is 4. The van der Waals surface area contributed by atoms with Gasteiger partial charge in [0.25, 0.3) is 0 Å². The van der Waals surface area contributed by atoms with Crippen LogP contribution in [0.25, 0.3) is 22.3 Å². The van der Waals surface area contributed by atoms with Gasteiger partial charge in [0.05, 0.1) is 20.3 Å². The second-order valence-electron chi connectivity index (χ2n) is 9.89. The lowest BCUT2D eigenvalue weighted by molar-refractivity contribution is -0.137. The predicted molar refractivity (Wildman–Crippen MR) is 170 cm³/mol. The van der Waals surface area contributed by atoms with Crippen molar-refractivity contribution in [3.05, 3.63) is 120 Å². The molecule has 0 aliphatic carbocycles. The molecule has 230 valence electrons. The fourth-order valence-corrected chi connectivity index (χ4v) is 4.31. The van der Waals surface area contributed by atoms with Crippen LogP contribution in [0.1, 0.15) is 48.5 Å². The maximum Gasteiger partial charge on any atom is 0.330 e. The van der Waals surface area contributed by atoms with Crippen molar-refractivity contribution in [2.24, 2.45) is 0 Å². The molecule has 7 heteroatoms. The van der Waals surface area contributed by atoms with Crippen molar-refractivity contribution in [3.8, 4) is 33.8 Å². The van der Waals surface area contributed by atoms with Crippen LogP contribution < -0.4 is 9.47 Å². The number of methoxy groups -OCH3 is 1. The van der Waals surface area contributed by atoms with Gasteiger partial charge in [-0.15, -0.1) is 0 Å². The Hall–Kier alpha value is -4.78. The van der Waals surface area contributed by atoms with E-state index in [-0.39, 0.29) is 17.1 Å². The quantitative estimate of drug-likeness (QED) is 0.0626. The summed E-state index contributed by atoms with van der Waals surface area (Å²) in [6, 6.07) is 24.7. The van der Waals surface area contributed by atoms with Crippen LogP contribution in [0.5, 0.6) is 11.5 Å². The highest BCUT2D eigenvalue weighted by atomic mass is 19.2. The van der Waals surface area contributed by atoms with Crippen molar-refractivity contribution in [2.45, 2.75) is 39.0 Å². The van der Waals surface area contributed by atoms with Gasteiger partial charge in [-0.2, -0.15) is 0 Å². The molecule has 5 nitrogen and oxygen atoms in total. The second kappa shape index (κ2) is 18.0. The molecule has 0 saturated heterocycles. The van der Waals surface area contributed by atoms with Gasteiger partial charge < -0.3 is 14.2 Å². The molecule has 0 heterocycles. The van der Waals surface area contributed by atoms with E-state index in [2.05, 4.69) is 13.5 Å². The molecule has 0 bridgehead atoms. The number of esters is 1. The van der Waals surface area contributed by atoms with Crippen molar-refractivity contribution < 1.29 is 32.6 Å². The summed E-state index contributed by atoms with van der Waals surface area (Å²) in [4.78, 5) is 21.3. The molecular formula is C37H38F2O5. The van der Waals surface area contributed by atoms with Gasteiger partial charge in [0, 0.05) is 22.8 Å². The van der Waals surface area contributed by atoms with E-state index in [9.17, 15) is 18.4 Å². The van der Waals surface area contributed by atoms with Crippen LogP contribution in [0.3, 0.4) is 0 Å². The van der Waals surface area contributed by atoms with E-state index in [1.807, 2.05) is 24.3 Å². The third-order valence-electron chi connectivity index (χ3n) is 6.89. The normalized spacial score (nSPS) is 10.3. The number of rotatable bonds is 14. The number of hydrogen-bond acceptors (Lipinski definition) is 5. The van der Waals surface area contributed by atoms with E-state index in [0.29, 0.717) is 35.7 Å². The Morgan fingerprint density at radius 1 is 0.727 bits per heavy atom. The van der Waals surface area contributed by atoms with Crippen LogP contribution >= 0.6 is 0 Å². The van der Waals surface area contributed by atoms with E-state index in [1.54, 1.807) is 67.8 Å². The van der Waals surface area contributed by atoms with Crippen LogP contribution in [0.2, 0.25) is 0 Å². The maximum atomic E-state index is 14.6. The molecule has 0 aliphatic heterocycles. The fourth-order valence-electron chi connectivity index (χ4n) is 4.31. The van der Waals surface area contributed by atoms with E-state index in [0.717, 1.165) is 49.7 Å². The molecule has 0 amide bonds. The Labute approximate surface area is 258 Å². The highest BCUT2D eigenvalue weighted by Gasteiger charge is 2.16. The summed E-state index contributed by atoms with van der Waals surface area (Å²) in [5.41, 5.74) is 3.60. The van der Waals surface area contributed by atoms with Crippen molar-refractivity contribution in [2.75, 3.05) is 20.3 Å². The molecule has 0 atom stereocenters. The average Bonchev–Trinajstić information content (AvgIpc) is 3.07. The molecule has 4 aromatic carbocycles. The summed E-state index contributed by atoms with van der Waals surface area (Å²) in [6.45, 7) is 6.47. The van der Waals surface area contributed by atoms with E-state index >= 15 is 0 Å². The van der Waals surface area contributed by atoms with Gasteiger partial charge in [0.2, 0.25) is 0 Å². The lowest BCUT2D eigenvalue weighted by Crippen LogP contribution is -2.02. The van der Waals surface area contributed by atoms with Crippen molar-refractivity contribution in [1.82, 2.24) is 0 Å². The van der Waals surface area contributed by atoms with Crippen molar-refractivity contribution in [1.29, 1.82) is 0 Å². The lowest BCUT2D eigenvalue weighted by atomic mass is 9.98. The number of unbranched alkanes of at least 4 members (excludes halogenated alkanes) is 3. The zero-order chi connectivity index (χ0) is 31.7. The summed E-state index contributed by atoms with van der Waals surface area (Å²) in [6.07, 6.45) is 6.72. The monoisotopic (exact) mass is 600 g/mol. The molecule has 4 rings (SSSR count). The summed E-state index contributed by atoms with van der Waals surface area (Å²) >= 11 is 0. The Bertz CT molecular complexity index is 1410. The van der Waals surface area contributed by atoms with Gasteiger partial charge in [-0.3, -0.25) is 4.79 Å². The third kappa shape index (κ3) is 10.2. The second-order valence-corrected chi connectivity index (χ2v) is 9.89. The number of aldehydes is 1. The van der Waals surface area contributed by atoms with Crippen molar-refractivity contribution >= 4 is 12.3 Å². The number of ether oxygens (including phenoxy) is 3. The molecule has 0 radical (unpaired) electrons. The molecule has 0 fully saturated rings. The Morgan fingerprint density at radius 3 is 1.75 bits per heavy atom. The molecular weight excluding hydrogens is 562 g/mol. The summed E-state index contributed by atoms with van der Waals surface area (Å²) < 4.78 is 44.6. The zero-order valence-corrected chi connectivity index (χ0v) is 25.2. The highest BCUT2D eigenvalue weighted by molar-refractivity contribution is 5.81. The van der Waals surface area contributed by atoms with E-state index in [4.69, 9.17) is 14.2 Å². The number of hydrogen-bond donors (Lipinski definition) is 0. The minimum Gasteiger partial charge on any atom is -0.497 e. The molecule has 4 aromatic rings. The maximum absolute atomic E-state index is 14.6. The van der Waals surface area contributed by atoms with Crippen LogP contribution in [0, 0.1) is 11.6 Å². The Morgan fingerprint density at radius 2 is 1.25 bits per heavy atom. The fraction of sp³-hybridized carbons (Fsp3) is 0.243. The van der Waals surface area contributed by atoms with Gasteiger partial charge >= 0.3 is 5.97 Å². The molecule has 0 saturated carbocycles. The minimum absolute atomic E-state index is 0.240. The minimum atomic E-state index is -0.836. The first-order valence-electron chi connectivity index (χ1n) is 14.6. The third-order valence-corrected chi connectivity index (χ3v) is 6.89. The van der Waals surface area contributed by atoms with Gasteiger partial charge in [0.15, 0.2) is 11.6 Å².